The largest absolute Gasteiger partial charge is 0.494 e. The normalized spacial score (nSPS) is 13.8. The Morgan fingerprint density at radius 3 is 2.53 bits per heavy atom. The van der Waals surface area contributed by atoms with Crippen molar-refractivity contribution in [2.45, 2.75) is 26.7 Å². The van der Waals surface area contributed by atoms with E-state index in [-0.39, 0.29) is 11.8 Å². The van der Waals surface area contributed by atoms with Gasteiger partial charge in [0.1, 0.15) is 5.75 Å². The molecule has 1 aliphatic rings. The van der Waals surface area contributed by atoms with Gasteiger partial charge >= 0.3 is 0 Å². The van der Waals surface area contributed by atoms with E-state index in [0.29, 0.717) is 41.7 Å². The Morgan fingerprint density at radius 2 is 1.87 bits per heavy atom. The van der Waals surface area contributed by atoms with Crippen LogP contribution in [-0.2, 0) is 4.79 Å². The number of carbonyl (C=O) groups excluding carboxylic acids is 2. The zero-order chi connectivity index (χ0) is 21.5. The molecule has 2 amide bonds. The molecule has 0 atom stereocenters. The van der Waals surface area contributed by atoms with Gasteiger partial charge in [0.25, 0.3) is 5.91 Å². The predicted octanol–water partition coefficient (Wildman–Crippen LogP) is 4.44. The van der Waals surface area contributed by atoms with Crippen LogP contribution in [0.2, 0.25) is 5.02 Å². The average Bonchev–Trinajstić information content (AvgIpc) is 2.74. The maximum Gasteiger partial charge on any atom is 0.255 e. The second-order valence-corrected chi connectivity index (χ2v) is 7.75. The Morgan fingerprint density at radius 1 is 1.10 bits per heavy atom. The van der Waals surface area contributed by atoms with Gasteiger partial charge in [-0.25, -0.2) is 0 Å². The zero-order valence-electron chi connectivity index (χ0n) is 17.5. The van der Waals surface area contributed by atoms with E-state index in [1.807, 2.05) is 29.2 Å². The number of hydrogen-bond acceptors (Lipinski definition) is 4. The van der Waals surface area contributed by atoms with Crippen LogP contribution >= 0.6 is 11.6 Å². The number of anilines is 2. The van der Waals surface area contributed by atoms with Gasteiger partial charge in [-0.05, 0) is 42.8 Å². The lowest BCUT2D eigenvalue weighted by Gasteiger charge is -2.36. The summed E-state index contributed by atoms with van der Waals surface area (Å²) in [6, 6.07) is 12.7. The molecule has 1 fully saturated rings. The van der Waals surface area contributed by atoms with E-state index >= 15 is 0 Å². The topological polar surface area (TPSA) is 61.9 Å². The summed E-state index contributed by atoms with van der Waals surface area (Å²) in [4.78, 5) is 28.1. The average molecular weight is 430 g/mol. The van der Waals surface area contributed by atoms with Crippen molar-refractivity contribution in [2.24, 2.45) is 0 Å². The highest BCUT2D eigenvalue weighted by atomic mass is 35.5. The van der Waals surface area contributed by atoms with Crippen LogP contribution in [0.5, 0.6) is 5.75 Å². The van der Waals surface area contributed by atoms with Gasteiger partial charge in [0.15, 0.2) is 0 Å². The first-order chi connectivity index (χ1) is 14.5. The maximum atomic E-state index is 12.6. The van der Waals surface area contributed by atoms with E-state index in [1.54, 1.807) is 25.1 Å². The lowest BCUT2D eigenvalue weighted by molar-refractivity contribution is -0.129. The maximum absolute atomic E-state index is 12.6. The zero-order valence-corrected chi connectivity index (χ0v) is 18.2. The van der Waals surface area contributed by atoms with Gasteiger partial charge in [0, 0.05) is 44.4 Å². The highest BCUT2D eigenvalue weighted by Crippen LogP contribution is 2.30. The number of halogens is 1. The summed E-state index contributed by atoms with van der Waals surface area (Å²) in [5, 5.41) is 3.47. The van der Waals surface area contributed by atoms with Crippen LogP contribution < -0.4 is 15.0 Å². The van der Waals surface area contributed by atoms with Crippen molar-refractivity contribution < 1.29 is 14.3 Å². The third kappa shape index (κ3) is 5.66. The first kappa shape index (κ1) is 22.0. The van der Waals surface area contributed by atoms with Crippen LogP contribution in [0.3, 0.4) is 0 Å². The molecule has 7 heteroatoms. The molecule has 3 rings (SSSR count). The van der Waals surface area contributed by atoms with Gasteiger partial charge in [-0.2, -0.15) is 0 Å². The second-order valence-electron chi connectivity index (χ2n) is 7.34. The minimum Gasteiger partial charge on any atom is -0.494 e. The minimum atomic E-state index is -0.213. The summed E-state index contributed by atoms with van der Waals surface area (Å²) in [6.45, 7) is 7.16. The molecule has 0 bridgehead atoms. The first-order valence-electron chi connectivity index (χ1n) is 10.3. The Kier molecular flexibility index (Phi) is 7.57. The number of nitrogens with zero attached hydrogens (tertiary/aromatic N) is 2. The number of benzene rings is 2. The molecule has 0 saturated carbocycles. The number of carbonyl (C=O) groups is 2. The molecule has 1 heterocycles. The van der Waals surface area contributed by atoms with E-state index in [2.05, 4.69) is 17.1 Å². The van der Waals surface area contributed by atoms with E-state index in [1.165, 1.54) is 0 Å². The lowest BCUT2D eigenvalue weighted by atomic mass is 10.2. The predicted molar refractivity (Wildman–Crippen MR) is 121 cm³/mol. The van der Waals surface area contributed by atoms with Crippen molar-refractivity contribution in [2.75, 3.05) is 43.0 Å². The second kappa shape index (κ2) is 10.3. The number of unbranched alkanes of at least 4 members (excludes halogenated alkanes) is 1. The fraction of sp³-hybridized carbons (Fsp3) is 0.391. The molecule has 1 N–H and O–H groups in total. The van der Waals surface area contributed by atoms with Gasteiger partial charge in [-0.15, -0.1) is 0 Å². The fourth-order valence-corrected chi connectivity index (χ4v) is 3.67. The van der Waals surface area contributed by atoms with Gasteiger partial charge in [0.05, 0.1) is 17.3 Å². The molecule has 6 nitrogen and oxygen atoms in total. The summed E-state index contributed by atoms with van der Waals surface area (Å²) in [5.74, 6) is 0.572. The molecule has 2 aromatic carbocycles. The van der Waals surface area contributed by atoms with Crippen LogP contribution in [0, 0.1) is 0 Å². The van der Waals surface area contributed by atoms with Crippen LogP contribution in [0.1, 0.15) is 37.0 Å². The van der Waals surface area contributed by atoms with Crippen LogP contribution in [0.15, 0.2) is 42.5 Å². The Labute approximate surface area is 182 Å². The summed E-state index contributed by atoms with van der Waals surface area (Å²) < 4.78 is 5.68. The Bertz CT molecular complexity index is 895. The van der Waals surface area contributed by atoms with Crippen LogP contribution in [-0.4, -0.2) is 49.5 Å². The summed E-state index contributed by atoms with van der Waals surface area (Å²) in [7, 11) is 0. The quantitative estimate of drug-likeness (QED) is 0.661. The molecule has 1 aliphatic heterocycles. The van der Waals surface area contributed by atoms with E-state index in [9.17, 15) is 9.59 Å². The van der Waals surface area contributed by atoms with Crippen molar-refractivity contribution in [1.82, 2.24) is 4.90 Å². The molecule has 0 aliphatic carbocycles. The molecule has 30 heavy (non-hydrogen) atoms. The molecule has 0 aromatic heterocycles. The van der Waals surface area contributed by atoms with E-state index < -0.39 is 0 Å². The van der Waals surface area contributed by atoms with Gasteiger partial charge in [0.2, 0.25) is 5.91 Å². The van der Waals surface area contributed by atoms with Crippen molar-refractivity contribution >= 4 is 34.8 Å². The van der Waals surface area contributed by atoms with E-state index in [0.717, 1.165) is 31.6 Å². The van der Waals surface area contributed by atoms with Gasteiger partial charge in [-0.1, -0.05) is 31.0 Å². The third-order valence-corrected chi connectivity index (χ3v) is 5.44. The lowest BCUT2D eigenvalue weighted by Crippen LogP contribution is -2.48. The smallest absolute Gasteiger partial charge is 0.255 e. The Balaban J connectivity index is 1.62. The summed E-state index contributed by atoms with van der Waals surface area (Å²) in [5.41, 5.74) is 2.07. The number of piperazine rings is 1. The van der Waals surface area contributed by atoms with Gasteiger partial charge in [-0.3, -0.25) is 9.59 Å². The number of hydrogen-bond donors (Lipinski definition) is 1. The van der Waals surface area contributed by atoms with Crippen molar-refractivity contribution in [3.05, 3.63) is 53.1 Å². The summed E-state index contributed by atoms with van der Waals surface area (Å²) in [6.07, 6.45) is 2.04. The van der Waals surface area contributed by atoms with Crippen LogP contribution in [0.25, 0.3) is 0 Å². The molecule has 0 radical (unpaired) electrons. The number of amides is 2. The monoisotopic (exact) mass is 429 g/mol. The first-order valence-corrected chi connectivity index (χ1v) is 10.7. The highest BCUT2D eigenvalue weighted by molar-refractivity contribution is 6.33. The number of ether oxygens (including phenoxy) is 1. The van der Waals surface area contributed by atoms with Crippen molar-refractivity contribution in [3.63, 3.8) is 0 Å². The highest BCUT2D eigenvalue weighted by Gasteiger charge is 2.20. The van der Waals surface area contributed by atoms with Crippen molar-refractivity contribution in [1.29, 1.82) is 0 Å². The molecule has 0 unspecified atom stereocenters. The summed E-state index contributed by atoms with van der Waals surface area (Å²) >= 11 is 6.49. The molecular weight excluding hydrogens is 402 g/mol. The minimum absolute atomic E-state index is 0.0960. The molecular formula is C23H28ClN3O3. The van der Waals surface area contributed by atoms with Crippen LogP contribution in [0.4, 0.5) is 11.4 Å². The number of nitrogens with one attached hydrogen (secondary N) is 1. The van der Waals surface area contributed by atoms with Gasteiger partial charge < -0.3 is 19.9 Å². The fourth-order valence-electron chi connectivity index (χ4n) is 3.37. The third-order valence-electron chi connectivity index (χ3n) is 5.13. The molecule has 0 spiro atoms. The molecule has 160 valence electrons. The number of rotatable bonds is 7. The molecule has 2 aromatic rings. The standard InChI is InChI=1S/C23H28ClN3O3/c1-3-4-14-30-20-7-5-6-18(15-20)23(29)25-19-8-9-22(21(24)16-19)27-12-10-26(11-13-27)17(2)28/h5-9,15-16H,3-4,10-14H2,1-2H3,(H,25,29). The van der Waals surface area contributed by atoms with E-state index in [4.69, 9.17) is 16.3 Å². The Hall–Kier alpha value is -2.73. The molecule has 1 saturated heterocycles. The van der Waals surface area contributed by atoms with Crippen molar-refractivity contribution in [3.8, 4) is 5.75 Å². The SMILES string of the molecule is CCCCOc1cccc(C(=O)Nc2ccc(N3CCN(C(C)=O)CC3)c(Cl)c2)c1.